The quantitative estimate of drug-likeness (QED) is 0.838. The molecule has 1 aliphatic rings. The Bertz CT molecular complexity index is 521. The molecular weight excluding hydrogens is 288 g/mol. The SMILES string of the molecule is CSc1ccccc1NC(=O)N1CCCC(CC(=O)O)C1. The van der Waals surface area contributed by atoms with Crippen LogP contribution < -0.4 is 5.32 Å². The van der Waals surface area contributed by atoms with Gasteiger partial charge < -0.3 is 15.3 Å². The van der Waals surface area contributed by atoms with Gasteiger partial charge in [0.05, 0.1) is 5.69 Å². The number of anilines is 1. The smallest absolute Gasteiger partial charge is 0.321 e. The number of piperidine rings is 1. The third kappa shape index (κ3) is 4.39. The summed E-state index contributed by atoms with van der Waals surface area (Å²) < 4.78 is 0. The Morgan fingerprint density at radius 3 is 2.90 bits per heavy atom. The topological polar surface area (TPSA) is 69.6 Å². The van der Waals surface area contributed by atoms with E-state index in [0.717, 1.165) is 23.4 Å². The Balaban J connectivity index is 1.98. The highest BCUT2D eigenvalue weighted by Gasteiger charge is 2.25. The highest BCUT2D eigenvalue weighted by atomic mass is 32.2. The standard InChI is InChI=1S/C15H20N2O3S/c1-21-13-7-3-2-6-12(13)16-15(20)17-8-4-5-11(10-17)9-14(18)19/h2-3,6-7,11H,4-5,8-10H2,1H3,(H,16,20)(H,18,19). The number of carbonyl (C=O) groups is 2. The minimum absolute atomic E-state index is 0.0535. The first-order valence-electron chi connectivity index (χ1n) is 7.01. The number of carbonyl (C=O) groups excluding carboxylic acids is 1. The van der Waals surface area contributed by atoms with Crippen LogP contribution in [0.5, 0.6) is 0 Å². The number of carboxylic acid groups (broad SMARTS) is 1. The maximum absolute atomic E-state index is 12.3. The molecule has 21 heavy (non-hydrogen) atoms. The van der Waals surface area contributed by atoms with Gasteiger partial charge in [-0.15, -0.1) is 11.8 Å². The van der Waals surface area contributed by atoms with E-state index >= 15 is 0 Å². The molecule has 0 radical (unpaired) electrons. The Morgan fingerprint density at radius 2 is 2.19 bits per heavy atom. The number of benzene rings is 1. The first kappa shape index (κ1) is 15.7. The lowest BCUT2D eigenvalue weighted by Crippen LogP contribution is -2.42. The first-order chi connectivity index (χ1) is 10.1. The van der Waals surface area contributed by atoms with Gasteiger partial charge >= 0.3 is 12.0 Å². The molecule has 0 bridgehead atoms. The van der Waals surface area contributed by atoms with Crippen LogP contribution in [0.15, 0.2) is 29.2 Å². The van der Waals surface area contributed by atoms with Crippen LogP contribution in [0.2, 0.25) is 0 Å². The predicted molar refractivity (Wildman–Crippen MR) is 83.8 cm³/mol. The van der Waals surface area contributed by atoms with Gasteiger partial charge in [0, 0.05) is 24.4 Å². The van der Waals surface area contributed by atoms with E-state index in [2.05, 4.69) is 5.32 Å². The summed E-state index contributed by atoms with van der Waals surface area (Å²) in [6, 6.07) is 7.52. The molecule has 1 heterocycles. The van der Waals surface area contributed by atoms with E-state index in [4.69, 9.17) is 5.11 Å². The minimum atomic E-state index is -0.796. The van der Waals surface area contributed by atoms with Crippen molar-refractivity contribution in [1.29, 1.82) is 0 Å². The van der Waals surface area contributed by atoms with E-state index in [9.17, 15) is 9.59 Å². The van der Waals surface area contributed by atoms with E-state index in [0.29, 0.717) is 13.1 Å². The lowest BCUT2D eigenvalue weighted by Gasteiger charge is -2.32. The van der Waals surface area contributed by atoms with Gasteiger partial charge in [0.1, 0.15) is 0 Å². The van der Waals surface area contributed by atoms with Gasteiger partial charge in [0.2, 0.25) is 0 Å². The van der Waals surface area contributed by atoms with Crippen LogP contribution >= 0.6 is 11.8 Å². The van der Waals surface area contributed by atoms with E-state index in [1.54, 1.807) is 16.7 Å². The molecule has 1 atom stereocenters. The second-order valence-corrected chi connectivity index (χ2v) is 6.03. The van der Waals surface area contributed by atoms with Crippen molar-refractivity contribution in [3.63, 3.8) is 0 Å². The van der Waals surface area contributed by atoms with Crippen molar-refractivity contribution in [2.75, 3.05) is 24.7 Å². The number of thioether (sulfide) groups is 1. The van der Waals surface area contributed by atoms with Crippen molar-refractivity contribution in [2.45, 2.75) is 24.2 Å². The van der Waals surface area contributed by atoms with Crippen molar-refractivity contribution >= 4 is 29.4 Å². The lowest BCUT2D eigenvalue weighted by molar-refractivity contribution is -0.138. The normalized spacial score (nSPS) is 18.3. The summed E-state index contributed by atoms with van der Waals surface area (Å²) in [5.41, 5.74) is 0.801. The number of nitrogens with one attached hydrogen (secondary N) is 1. The third-order valence-electron chi connectivity index (χ3n) is 3.62. The van der Waals surface area contributed by atoms with E-state index in [1.807, 2.05) is 30.5 Å². The number of rotatable bonds is 4. The van der Waals surface area contributed by atoms with Crippen LogP contribution in [0.4, 0.5) is 10.5 Å². The zero-order chi connectivity index (χ0) is 15.2. The first-order valence-corrected chi connectivity index (χ1v) is 8.23. The number of hydrogen-bond acceptors (Lipinski definition) is 3. The number of aliphatic carboxylic acids is 1. The van der Waals surface area contributed by atoms with Crippen LogP contribution in [0.25, 0.3) is 0 Å². The van der Waals surface area contributed by atoms with Gasteiger partial charge in [-0.3, -0.25) is 4.79 Å². The van der Waals surface area contributed by atoms with Gasteiger partial charge in [0.15, 0.2) is 0 Å². The Morgan fingerprint density at radius 1 is 1.43 bits per heavy atom. The molecule has 1 saturated heterocycles. The highest BCUT2D eigenvalue weighted by Crippen LogP contribution is 2.26. The van der Waals surface area contributed by atoms with Gasteiger partial charge in [-0.2, -0.15) is 0 Å². The van der Waals surface area contributed by atoms with Crippen molar-refractivity contribution in [1.82, 2.24) is 4.90 Å². The number of likely N-dealkylation sites (tertiary alicyclic amines) is 1. The maximum Gasteiger partial charge on any atom is 0.321 e. The molecule has 1 unspecified atom stereocenters. The van der Waals surface area contributed by atoms with Crippen LogP contribution in [0.3, 0.4) is 0 Å². The number of amides is 2. The van der Waals surface area contributed by atoms with Crippen molar-refractivity contribution in [3.05, 3.63) is 24.3 Å². The molecule has 2 N–H and O–H groups in total. The van der Waals surface area contributed by atoms with E-state index in [1.165, 1.54) is 0 Å². The largest absolute Gasteiger partial charge is 0.481 e. The van der Waals surface area contributed by atoms with Crippen LogP contribution in [0.1, 0.15) is 19.3 Å². The fraction of sp³-hybridized carbons (Fsp3) is 0.467. The zero-order valence-corrected chi connectivity index (χ0v) is 12.9. The molecule has 1 aromatic carbocycles. The summed E-state index contributed by atoms with van der Waals surface area (Å²) in [6.45, 7) is 1.20. The highest BCUT2D eigenvalue weighted by molar-refractivity contribution is 7.98. The van der Waals surface area contributed by atoms with Gasteiger partial charge in [-0.1, -0.05) is 12.1 Å². The molecule has 0 spiro atoms. The summed E-state index contributed by atoms with van der Waals surface area (Å²) in [7, 11) is 0. The van der Waals surface area contributed by atoms with E-state index in [-0.39, 0.29) is 18.4 Å². The van der Waals surface area contributed by atoms with Crippen molar-refractivity contribution < 1.29 is 14.7 Å². The molecule has 5 nitrogen and oxygen atoms in total. The summed E-state index contributed by atoms with van der Waals surface area (Å²) in [6.07, 6.45) is 3.83. The lowest BCUT2D eigenvalue weighted by atomic mass is 9.95. The maximum atomic E-state index is 12.3. The summed E-state index contributed by atoms with van der Waals surface area (Å²) in [4.78, 5) is 25.9. The fourth-order valence-corrected chi connectivity index (χ4v) is 3.16. The van der Waals surface area contributed by atoms with Crippen LogP contribution in [0, 0.1) is 5.92 Å². The number of urea groups is 1. The molecule has 2 rings (SSSR count). The predicted octanol–water partition coefficient (Wildman–Crippen LogP) is 3.13. The summed E-state index contributed by atoms with van der Waals surface area (Å²) in [5, 5.41) is 11.8. The Hall–Kier alpha value is -1.69. The van der Waals surface area contributed by atoms with Gasteiger partial charge in [-0.25, -0.2) is 4.79 Å². The van der Waals surface area contributed by atoms with Gasteiger partial charge in [-0.05, 0) is 37.1 Å². The molecule has 0 aliphatic carbocycles. The average Bonchev–Trinajstić information content (AvgIpc) is 2.47. The van der Waals surface area contributed by atoms with Crippen molar-refractivity contribution in [3.8, 4) is 0 Å². The fourth-order valence-electron chi connectivity index (χ4n) is 2.61. The zero-order valence-electron chi connectivity index (χ0n) is 12.0. The van der Waals surface area contributed by atoms with Crippen LogP contribution in [-0.2, 0) is 4.79 Å². The molecule has 1 fully saturated rings. The molecule has 6 heteroatoms. The Kier molecular flexibility index (Phi) is 5.50. The number of nitrogens with zero attached hydrogens (tertiary/aromatic N) is 1. The van der Waals surface area contributed by atoms with Gasteiger partial charge in [0.25, 0.3) is 0 Å². The molecule has 0 aromatic heterocycles. The molecule has 2 amide bonds. The van der Waals surface area contributed by atoms with Crippen molar-refractivity contribution in [2.24, 2.45) is 5.92 Å². The number of hydrogen-bond donors (Lipinski definition) is 2. The number of carboxylic acids is 1. The molecule has 0 saturated carbocycles. The Labute approximate surface area is 128 Å². The molecule has 1 aromatic rings. The van der Waals surface area contributed by atoms with Crippen LogP contribution in [-0.4, -0.2) is 41.4 Å². The minimum Gasteiger partial charge on any atom is -0.481 e. The average molecular weight is 308 g/mol. The molecule has 114 valence electrons. The third-order valence-corrected chi connectivity index (χ3v) is 4.41. The summed E-state index contributed by atoms with van der Waals surface area (Å²) in [5.74, 6) is -0.743. The summed E-state index contributed by atoms with van der Waals surface area (Å²) >= 11 is 1.58. The molecule has 1 aliphatic heterocycles. The second-order valence-electron chi connectivity index (χ2n) is 5.18. The molecular formula is C15H20N2O3S. The number of para-hydroxylation sites is 1. The van der Waals surface area contributed by atoms with E-state index < -0.39 is 5.97 Å². The monoisotopic (exact) mass is 308 g/mol. The second kappa shape index (κ2) is 7.36.